The first-order valence-electron chi connectivity index (χ1n) is 14.9. The van der Waals surface area contributed by atoms with Crippen LogP contribution in [0.4, 0.5) is 5.69 Å². The van der Waals surface area contributed by atoms with Crippen molar-refractivity contribution in [1.29, 1.82) is 0 Å². The fourth-order valence-electron chi connectivity index (χ4n) is 4.58. The highest BCUT2D eigenvalue weighted by Crippen LogP contribution is 2.36. The number of imide groups is 1. The molecule has 7 N–H and O–H groups in total. The van der Waals surface area contributed by atoms with Crippen molar-refractivity contribution in [1.82, 2.24) is 15.7 Å². The molecule has 2 aliphatic rings. The van der Waals surface area contributed by atoms with E-state index in [1.165, 1.54) is 6.07 Å². The van der Waals surface area contributed by atoms with Crippen LogP contribution < -0.4 is 16.1 Å². The monoisotopic (exact) mass is 682 g/mol. The van der Waals surface area contributed by atoms with Gasteiger partial charge in [0.2, 0.25) is 5.91 Å². The highest BCUT2D eigenvalue weighted by molar-refractivity contribution is 6.62. The maximum atomic E-state index is 13.4. The molecule has 19 nitrogen and oxygen atoms in total. The molecule has 0 aliphatic carbocycles. The first-order valence-corrected chi connectivity index (χ1v) is 14.9. The number of aliphatic hydroxyl groups is 5. The third kappa shape index (κ3) is 9.10. The Morgan fingerprint density at radius 1 is 1.00 bits per heavy atom. The van der Waals surface area contributed by atoms with Gasteiger partial charge < -0.3 is 50.3 Å². The number of nitro benzene ring substituents is 1. The van der Waals surface area contributed by atoms with Crippen LogP contribution in [-0.4, -0.2) is 127 Å². The molecule has 1 aromatic carbocycles. The number of aliphatic hydroxyl groups excluding tert-OH is 5. The van der Waals surface area contributed by atoms with Gasteiger partial charge in [0, 0.05) is 37.1 Å². The maximum absolute atomic E-state index is 13.4. The SMILES string of the molecule is CC1(C)OB(c2cc(C(=O)N[C@@H](CCC(=O)ON3C(=O)CCC3=O)C(=O)NC[C@@H](O)[C@H](O)[C@@H](O)[C@@H](O)CO)cc([N+](=O)[O-])c2)OC1(C)C. The summed E-state index contributed by atoms with van der Waals surface area (Å²) < 4.78 is 11.9. The molecule has 0 spiro atoms. The number of nitrogens with one attached hydrogen (secondary N) is 2. The molecule has 0 saturated carbocycles. The smallest absolute Gasteiger partial charge is 0.399 e. The van der Waals surface area contributed by atoms with Gasteiger partial charge in [-0.05, 0) is 45.6 Å². The summed E-state index contributed by atoms with van der Waals surface area (Å²) in [5.74, 6) is -4.66. The fraction of sp³-hybridized carbons (Fsp3) is 0.607. The van der Waals surface area contributed by atoms with E-state index in [1.54, 1.807) is 27.7 Å². The van der Waals surface area contributed by atoms with Crippen LogP contribution >= 0.6 is 0 Å². The van der Waals surface area contributed by atoms with Crippen molar-refractivity contribution in [2.24, 2.45) is 0 Å². The van der Waals surface area contributed by atoms with Crippen LogP contribution in [-0.2, 0) is 33.3 Å². The van der Waals surface area contributed by atoms with Gasteiger partial charge in [-0.25, -0.2) is 4.79 Å². The summed E-state index contributed by atoms with van der Waals surface area (Å²) in [5, 5.41) is 65.1. The van der Waals surface area contributed by atoms with Gasteiger partial charge in [-0.3, -0.25) is 29.3 Å². The maximum Gasteiger partial charge on any atom is 0.495 e. The zero-order chi connectivity index (χ0) is 36.1. The number of carbonyl (C=O) groups excluding carboxylic acids is 5. The Kier molecular flexibility index (Phi) is 12.4. The van der Waals surface area contributed by atoms with E-state index in [0.29, 0.717) is 5.06 Å². The van der Waals surface area contributed by atoms with Crippen molar-refractivity contribution in [3.63, 3.8) is 0 Å². The molecule has 1 aromatic rings. The number of rotatable bonds is 15. The lowest BCUT2D eigenvalue weighted by molar-refractivity contribution is -0.384. The van der Waals surface area contributed by atoms with Crippen LogP contribution in [0.25, 0.3) is 0 Å². The molecular weight excluding hydrogens is 643 g/mol. The number of nitrogens with zero attached hydrogens (tertiary/aromatic N) is 2. The Morgan fingerprint density at radius 3 is 2.10 bits per heavy atom. The van der Waals surface area contributed by atoms with Crippen LogP contribution in [0.2, 0.25) is 0 Å². The number of hydrogen-bond acceptors (Lipinski definition) is 15. The molecule has 3 rings (SSSR count). The summed E-state index contributed by atoms with van der Waals surface area (Å²) >= 11 is 0. The van der Waals surface area contributed by atoms with Gasteiger partial charge in [-0.2, -0.15) is 0 Å². The van der Waals surface area contributed by atoms with Crippen LogP contribution in [0.5, 0.6) is 0 Å². The van der Waals surface area contributed by atoms with E-state index < -0.39 is 115 Å². The Bertz CT molecular complexity index is 1390. The van der Waals surface area contributed by atoms with E-state index in [2.05, 4.69) is 10.6 Å². The number of hydrogen-bond donors (Lipinski definition) is 7. The molecule has 2 aliphatic heterocycles. The van der Waals surface area contributed by atoms with Gasteiger partial charge >= 0.3 is 13.1 Å². The summed E-state index contributed by atoms with van der Waals surface area (Å²) in [5.41, 5.74) is -2.32. The number of benzene rings is 1. The van der Waals surface area contributed by atoms with Crippen LogP contribution in [0.15, 0.2) is 18.2 Å². The predicted octanol–water partition coefficient (Wildman–Crippen LogP) is -3.07. The largest absolute Gasteiger partial charge is 0.495 e. The first-order chi connectivity index (χ1) is 22.3. The van der Waals surface area contributed by atoms with Gasteiger partial charge in [0.05, 0.1) is 35.3 Å². The van der Waals surface area contributed by atoms with E-state index in [4.69, 9.17) is 19.3 Å². The van der Waals surface area contributed by atoms with Crippen LogP contribution in [0.1, 0.15) is 63.7 Å². The van der Waals surface area contributed by atoms with Crippen molar-refractivity contribution in [3.8, 4) is 0 Å². The minimum absolute atomic E-state index is 0.123. The van der Waals surface area contributed by atoms with Gasteiger partial charge in [0.15, 0.2) is 0 Å². The van der Waals surface area contributed by atoms with Gasteiger partial charge in [0.1, 0.15) is 24.4 Å². The van der Waals surface area contributed by atoms with E-state index in [1.807, 2.05) is 0 Å². The van der Waals surface area contributed by atoms with E-state index >= 15 is 0 Å². The molecule has 4 amide bonds. The second kappa shape index (κ2) is 15.5. The molecule has 2 heterocycles. The van der Waals surface area contributed by atoms with Gasteiger partial charge in [0.25, 0.3) is 23.4 Å². The van der Waals surface area contributed by atoms with Crippen LogP contribution in [0, 0.1) is 10.1 Å². The first kappa shape index (κ1) is 38.4. The average molecular weight is 682 g/mol. The molecule has 0 bridgehead atoms. The molecule has 48 heavy (non-hydrogen) atoms. The summed E-state index contributed by atoms with van der Waals surface area (Å²) in [7, 11) is -1.10. The standard InChI is InChI=1S/C28H39BN4O15/c1-27(2)28(3,4)48-29(47-27)15-9-14(10-16(11-15)33(44)45)25(42)31-17(5-8-22(39)46-32-20(37)6-7-21(32)38)26(43)30-12-18(35)23(40)24(41)19(36)13-34/h9-11,17-19,23-24,34-36,40-41H,5-8,12-13H2,1-4H3,(H,30,43)(H,31,42)/t17-,18+,19-,23-,24-/m0/s1. The molecule has 0 aromatic heterocycles. The highest BCUT2D eigenvalue weighted by Gasteiger charge is 2.52. The van der Waals surface area contributed by atoms with Crippen molar-refractivity contribution >= 4 is 47.9 Å². The minimum atomic E-state index is -2.02. The average Bonchev–Trinajstić information content (AvgIpc) is 3.46. The van der Waals surface area contributed by atoms with Gasteiger partial charge in [-0.15, -0.1) is 5.06 Å². The zero-order valence-electron chi connectivity index (χ0n) is 26.7. The fourth-order valence-corrected chi connectivity index (χ4v) is 4.58. The number of amides is 4. The normalized spacial score (nSPS) is 20.1. The molecular formula is C28H39BN4O15. The van der Waals surface area contributed by atoms with Crippen molar-refractivity contribution in [2.45, 2.75) is 95.0 Å². The molecule has 0 unspecified atom stereocenters. The molecule has 264 valence electrons. The lowest BCUT2D eigenvalue weighted by Gasteiger charge is -2.32. The Hall–Kier alpha value is -4.05. The molecule has 2 saturated heterocycles. The predicted molar refractivity (Wildman–Crippen MR) is 161 cm³/mol. The second-order valence-electron chi connectivity index (χ2n) is 12.3. The number of non-ortho nitro benzene ring substituents is 1. The third-order valence-electron chi connectivity index (χ3n) is 8.21. The summed E-state index contributed by atoms with van der Waals surface area (Å²) in [6.45, 7) is 5.34. The van der Waals surface area contributed by atoms with Gasteiger partial charge in [-0.1, -0.05) is 0 Å². The van der Waals surface area contributed by atoms with E-state index in [9.17, 15) is 54.5 Å². The summed E-state index contributed by atoms with van der Waals surface area (Å²) in [6.07, 6.45) is -9.16. The molecule has 0 radical (unpaired) electrons. The third-order valence-corrected chi connectivity index (χ3v) is 8.21. The Labute approximate surface area is 274 Å². The van der Waals surface area contributed by atoms with E-state index in [-0.39, 0.29) is 23.9 Å². The molecule has 2 fully saturated rings. The van der Waals surface area contributed by atoms with Crippen molar-refractivity contribution in [3.05, 3.63) is 33.9 Å². The Balaban J connectivity index is 1.82. The molecule has 20 heteroatoms. The number of hydroxylamine groups is 2. The highest BCUT2D eigenvalue weighted by atomic mass is 16.7. The van der Waals surface area contributed by atoms with Crippen molar-refractivity contribution < 1.29 is 68.6 Å². The Morgan fingerprint density at radius 2 is 1.56 bits per heavy atom. The number of carbonyl (C=O) groups is 5. The summed E-state index contributed by atoms with van der Waals surface area (Å²) in [6, 6.07) is 1.75. The lowest BCUT2D eigenvalue weighted by atomic mass is 9.78. The quantitative estimate of drug-likeness (QED) is 0.0418. The van der Waals surface area contributed by atoms with Crippen LogP contribution in [0.3, 0.4) is 0 Å². The molecule has 5 atom stereocenters. The lowest BCUT2D eigenvalue weighted by Crippen LogP contribution is -2.53. The summed E-state index contributed by atoms with van der Waals surface area (Å²) in [4.78, 5) is 78.4. The second-order valence-corrected chi connectivity index (χ2v) is 12.3. The zero-order valence-corrected chi connectivity index (χ0v) is 26.7. The van der Waals surface area contributed by atoms with E-state index in [0.717, 1.165) is 12.1 Å². The number of nitro groups is 1. The minimum Gasteiger partial charge on any atom is -0.399 e. The van der Waals surface area contributed by atoms with Crippen molar-refractivity contribution in [2.75, 3.05) is 13.2 Å². The topological polar surface area (TPSA) is 285 Å².